The van der Waals surface area contributed by atoms with Crippen molar-refractivity contribution in [1.82, 2.24) is 9.13 Å². The number of hydrogen-bond acceptors (Lipinski definition) is 0. The largest absolute Gasteiger partial charge is 0.309 e. The van der Waals surface area contributed by atoms with Crippen molar-refractivity contribution in [2.45, 2.75) is 34.1 Å². The third kappa shape index (κ3) is 4.61. The lowest BCUT2D eigenvalue weighted by Gasteiger charge is -2.18. The van der Waals surface area contributed by atoms with Gasteiger partial charge in [0.05, 0.1) is 22.1 Å². The molecule has 0 atom stereocenters. The van der Waals surface area contributed by atoms with Crippen molar-refractivity contribution in [3.05, 3.63) is 191 Å². The molecule has 0 spiro atoms. The third-order valence-corrected chi connectivity index (χ3v) is 12.7. The molecule has 8 aromatic carbocycles. The van der Waals surface area contributed by atoms with Crippen LogP contribution in [0.1, 0.15) is 33.4 Å². The average molecular weight is 705 g/mol. The molecule has 262 valence electrons. The van der Waals surface area contributed by atoms with Gasteiger partial charge in [-0.2, -0.15) is 0 Å². The molecule has 2 heterocycles. The number of para-hydroxylation sites is 4. The van der Waals surface area contributed by atoms with Crippen LogP contribution in [-0.4, -0.2) is 9.13 Å². The van der Waals surface area contributed by atoms with Gasteiger partial charge in [0.15, 0.2) is 0 Å². The maximum atomic E-state index is 2.44. The van der Waals surface area contributed by atoms with Crippen molar-refractivity contribution in [2.24, 2.45) is 0 Å². The molecule has 0 unspecified atom stereocenters. The second kappa shape index (κ2) is 11.9. The number of hydrogen-bond donors (Lipinski definition) is 0. The predicted octanol–water partition coefficient (Wildman–Crippen LogP) is 14.0. The lowest BCUT2D eigenvalue weighted by molar-refractivity contribution is 1.13. The van der Waals surface area contributed by atoms with Crippen LogP contribution in [0.5, 0.6) is 0 Å². The molecule has 0 N–H and O–H groups in total. The molecule has 55 heavy (non-hydrogen) atoms. The van der Waals surface area contributed by atoms with Crippen LogP contribution >= 0.6 is 0 Å². The van der Waals surface area contributed by atoms with Gasteiger partial charge in [-0.1, -0.05) is 109 Å². The summed E-state index contributed by atoms with van der Waals surface area (Å²) in [6.45, 7) is 9.14. The number of nitrogens with zero attached hydrogens (tertiary/aromatic N) is 2. The maximum Gasteiger partial charge on any atom is 0.0541 e. The molecule has 0 bridgehead atoms. The van der Waals surface area contributed by atoms with Gasteiger partial charge in [0, 0.05) is 32.9 Å². The van der Waals surface area contributed by atoms with Crippen molar-refractivity contribution >= 4 is 43.6 Å². The Morgan fingerprint density at radius 2 is 0.673 bits per heavy atom. The van der Waals surface area contributed by atoms with E-state index >= 15 is 0 Å². The van der Waals surface area contributed by atoms with Gasteiger partial charge in [-0.25, -0.2) is 0 Å². The van der Waals surface area contributed by atoms with Crippen LogP contribution in [0.25, 0.3) is 88.4 Å². The fourth-order valence-electron chi connectivity index (χ4n) is 9.59. The van der Waals surface area contributed by atoms with Crippen LogP contribution in [0, 0.1) is 27.7 Å². The molecule has 0 radical (unpaired) electrons. The molecule has 11 rings (SSSR count). The van der Waals surface area contributed by atoms with Crippen molar-refractivity contribution in [3.8, 4) is 44.8 Å². The van der Waals surface area contributed by atoms with Crippen LogP contribution in [-0.2, 0) is 6.42 Å². The van der Waals surface area contributed by atoms with E-state index in [0.717, 1.165) is 6.42 Å². The molecule has 0 amide bonds. The third-order valence-electron chi connectivity index (χ3n) is 12.7. The molecule has 2 heteroatoms. The summed E-state index contributed by atoms with van der Waals surface area (Å²) < 4.78 is 4.88. The van der Waals surface area contributed by atoms with Crippen LogP contribution in [0.15, 0.2) is 158 Å². The highest BCUT2D eigenvalue weighted by atomic mass is 15.0. The van der Waals surface area contributed by atoms with Crippen LogP contribution in [0.4, 0.5) is 0 Å². The minimum absolute atomic E-state index is 0.973. The summed E-state index contributed by atoms with van der Waals surface area (Å²) in [5.41, 5.74) is 23.4. The zero-order valence-electron chi connectivity index (χ0n) is 31.6. The number of aromatic nitrogens is 2. The van der Waals surface area contributed by atoms with E-state index in [-0.39, 0.29) is 0 Å². The van der Waals surface area contributed by atoms with Crippen molar-refractivity contribution in [3.63, 3.8) is 0 Å². The molecule has 0 saturated carbocycles. The Hall–Kier alpha value is -6.64. The number of benzene rings is 8. The molecule has 0 fully saturated rings. The Morgan fingerprint density at radius 3 is 1.04 bits per heavy atom. The van der Waals surface area contributed by atoms with Gasteiger partial charge < -0.3 is 9.13 Å². The smallest absolute Gasteiger partial charge is 0.0541 e. The van der Waals surface area contributed by atoms with Crippen molar-refractivity contribution in [1.29, 1.82) is 0 Å². The van der Waals surface area contributed by atoms with E-state index < -0.39 is 0 Å². The Morgan fingerprint density at radius 1 is 0.327 bits per heavy atom. The first kappa shape index (κ1) is 31.8. The highest BCUT2D eigenvalue weighted by molar-refractivity contribution is 6.10. The average Bonchev–Trinajstić information content (AvgIpc) is 3.87. The zero-order valence-corrected chi connectivity index (χ0v) is 31.6. The van der Waals surface area contributed by atoms with Gasteiger partial charge in [-0.05, 0) is 149 Å². The molecule has 2 aromatic heterocycles. The summed E-state index contributed by atoms with van der Waals surface area (Å²) in [6.07, 6.45) is 0.973. The quantitative estimate of drug-likeness (QED) is 0.173. The molecule has 2 nitrogen and oxygen atoms in total. The molecule has 1 aliphatic carbocycles. The molecular formula is C53H40N2. The minimum atomic E-state index is 0.973. The standard InChI is InChI=1S/C53H40N2/c1-32-34(3)48(54-50-17-9-5-13-42(50)43-14-6-10-18-51(43)54)27-25-40(32)38-23-21-36-29-37-22-24-39(31-47(37)46(36)30-38)41-26-28-49(35(4)33(41)2)55-52-19-11-7-15-44(52)45-16-8-12-20-53(45)55/h5-28,30-31H,29H2,1-4H3. The van der Waals surface area contributed by atoms with Gasteiger partial charge in [0.2, 0.25) is 0 Å². The second-order valence-electron chi connectivity index (χ2n) is 15.4. The zero-order chi connectivity index (χ0) is 36.9. The van der Waals surface area contributed by atoms with E-state index in [9.17, 15) is 0 Å². The summed E-state index contributed by atoms with van der Waals surface area (Å²) in [5, 5.41) is 5.17. The fourth-order valence-corrected chi connectivity index (χ4v) is 9.59. The molecule has 10 aromatic rings. The van der Waals surface area contributed by atoms with E-state index in [0.29, 0.717) is 0 Å². The van der Waals surface area contributed by atoms with E-state index in [4.69, 9.17) is 0 Å². The topological polar surface area (TPSA) is 9.86 Å². The first-order chi connectivity index (χ1) is 27.0. The van der Waals surface area contributed by atoms with Gasteiger partial charge >= 0.3 is 0 Å². The summed E-state index contributed by atoms with van der Waals surface area (Å²) in [5.74, 6) is 0. The Labute approximate surface area is 321 Å². The number of fused-ring (bicyclic) bond motifs is 9. The number of rotatable bonds is 4. The van der Waals surface area contributed by atoms with E-state index in [1.165, 1.54) is 122 Å². The molecule has 1 aliphatic rings. The van der Waals surface area contributed by atoms with Gasteiger partial charge in [-0.3, -0.25) is 0 Å². The second-order valence-corrected chi connectivity index (χ2v) is 15.4. The minimum Gasteiger partial charge on any atom is -0.309 e. The van der Waals surface area contributed by atoms with Crippen LogP contribution < -0.4 is 0 Å². The highest BCUT2D eigenvalue weighted by Gasteiger charge is 2.23. The monoisotopic (exact) mass is 704 g/mol. The van der Waals surface area contributed by atoms with Crippen LogP contribution in [0.2, 0.25) is 0 Å². The lowest BCUT2D eigenvalue weighted by Crippen LogP contribution is -2.00. The van der Waals surface area contributed by atoms with Gasteiger partial charge in [0.1, 0.15) is 0 Å². The summed E-state index contributed by atoms with van der Waals surface area (Å²) in [6, 6.07) is 58.6. The molecule has 0 saturated heterocycles. The summed E-state index contributed by atoms with van der Waals surface area (Å²) >= 11 is 0. The van der Waals surface area contributed by atoms with Gasteiger partial charge in [0.25, 0.3) is 0 Å². The Kier molecular flexibility index (Phi) is 6.91. The maximum absolute atomic E-state index is 2.44. The van der Waals surface area contributed by atoms with Crippen LogP contribution in [0.3, 0.4) is 0 Å². The van der Waals surface area contributed by atoms with Crippen molar-refractivity contribution in [2.75, 3.05) is 0 Å². The lowest BCUT2D eigenvalue weighted by atomic mass is 9.91. The SMILES string of the molecule is Cc1c(-c2ccc3c(c2)-c2cc(-c4ccc(-n5c6ccccc6c6ccccc65)c(C)c4C)ccc2C3)ccc(-n2c3ccccc3c3ccccc32)c1C. The van der Waals surface area contributed by atoms with E-state index in [1.54, 1.807) is 0 Å². The first-order valence-corrected chi connectivity index (χ1v) is 19.4. The Bertz CT molecular complexity index is 2900. The van der Waals surface area contributed by atoms with E-state index in [2.05, 4.69) is 195 Å². The summed E-state index contributed by atoms with van der Waals surface area (Å²) in [7, 11) is 0. The Balaban J connectivity index is 0.984. The normalized spacial score (nSPS) is 12.3. The predicted molar refractivity (Wildman–Crippen MR) is 233 cm³/mol. The fraction of sp³-hybridized carbons (Fsp3) is 0.0943. The molecule has 0 aliphatic heterocycles. The van der Waals surface area contributed by atoms with E-state index in [1.807, 2.05) is 0 Å². The first-order valence-electron chi connectivity index (χ1n) is 19.4. The summed E-state index contributed by atoms with van der Waals surface area (Å²) in [4.78, 5) is 0. The van der Waals surface area contributed by atoms with Gasteiger partial charge in [-0.15, -0.1) is 0 Å². The van der Waals surface area contributed by atoms with Crippen molar-refractivity contribution < 1.29 is 0 Å². The highest BCUT2D eigenvalue weighted by Crippen LogP contribution is 2.44. The molecular weight excluding hydrogens is 665 g/mol.